The molecule has 0 radical (unpaired) electrons. The number of anilines is 1. The summed E-state index contributed by atoms with van der Waals surface area (Å²) in [6.45, 7) is 3.96. The number of rotatable bonds is 5. The quantitative estimate of drug-likeness (QED) is 0.878. The predicted molar refractivity (Wildman–Crippen MR) is 65.3 cm³/mol. The van der Waals surface area contributed by atoms with Gasteiger partial charge in [-0.15, -0.1) is 0 Å². The molecule has 1 N–H and O–H groups in total. The summed E-state index contributed by atoms with van der Waals surface area (Å²) in [6, 6.07) is 2.10. The maximum Gasteiger partial charge on any atom is 0.416 e. The van der Waals surface area contributed by atoms with Crippen LogP contribution in [0.3, 0.4) is 0 Å². The molecule has 1 heterocycles. The van der Waals surface area contributed by atoms with E-state index in [2.05, 4.69) is 10.3 Å². The third-order valence-corrected chi connectivity index (χ3v) is 3.20. The first-order valence-electron chi connectivity index (χ1n) is 5.31. The van der Waals surface area contributed by atoms with Gasteiger partial charge in [-0.1, -0.05) is 6.92 Å². The number of pyridine rings is 1. The Morgan fingerprint density at radius 1 is 1.47 bits per heavy atom. The number of hydrogen-bond donors (Lipinski definition) is 1. The van der Waals surface area contributed by atoms with E-state index in [1.54, 1.807) is 11.8 Å². The molecule has 1 unspecified atom stereocenters. The number of thioether (sulfide) groups is 1. The fourth-order valence-corrected chi connectivity index (χ4v) is 1.95. The molecule has 0 aliphatic rings. The van der Waals surface area contributed by atoms with Crippen molar-refractivity contribution in [1.82, 2.24) is 4.98 Å². The van der Waals surface area contributed by atoms with Crippen molar-refractivity contribution in [2.24, 2.45) is 0 Å². The third-order valence-electron chi connectivity index (χ3n) is 2.05. The average Bonchev–Trinajstić information content (AvgIpc) is 2.25. The van der Waals surface area contributed by atoms with E-state index < -0.39 is 11.7 Å². The minimum Gasteiger partial charge on any atom is -0.367 e. The van der Waals surface area contributed by atoms with Crippen molar-refractivity contribution in [3.63, 3.8) is 0 Å². The van der Waals surface area contributed by atoms with Gasteiger partial charge in [-0.05, 0) is 24.8 Å². The summed E-state index contributed by atoms with van der Waals surface area (Å²) in [5.41, 5.74) is -0.676. The van der Waals surface area contributed by atoms with E-state index in [1.807, 2.05) is 13.8 Å². The fourth-order valence-electron chi connectivity index (χ4n) is 1.27. The second-order valence-corrected chi connectivity index (χ2v) is 4.95. The summed E-state index contributed by atoms with van der Waals surface area (Å²) in [5, 5.41) is 2.96. The van der Waals surface area contributed by atoms with Crippen molar-refractivity contribution < 1.29 is 13.2 Å². The van der Waals surface area contributed by atoms with Crippen LogP contribution in [0.4, 0.5) is 19.0 Å². The molecule has 1 atom stereocenters. The molecular formula is C11H15F3N2S. The Labute approximate surface area is 103 Å². The molecule has 0 amide bonds. The molecule has 0 saturated heterocycles. The van der Waals surface area contributed by atoms with Crippen molar-refractivity contribution in [3.05, 3.63) is 23.9 Å². The lowest BCUT2D eigenvalue weighted by Crippen LogP contribution is -2.19. The van der Waals surface area contributed by atoms with E-state index in [4.69, 9.17) is 0 Å². The van der Waals surface area contributed by atoms with Crippen LogP contribution in [-0.2, 0) is 6.18 Å². The van der Waals surface area contributed by atoms with E-state index >= 15 is 0 Å². The average molecular weight is 264 g/mol. The van der Waals surface area contributed by atoms with E-state index in [9.17, 15) is 13.2 Å². The lowest BCUT2D eigenvalue weighted by atomic mass is 10.2. The van der Waals surface area contributed by atoms with Gasteiger partial charge in [0.15, 0.2) is 0 Å². The highest BCUT2D eigenvalue weighted by Crippen LogP contribution is 2.30. The zero-order valence-corrected chi connectivity index (χ0v) is 10.5. The smallest absolute Gasteiger partial charge is 0.367 e. The topological polar surface area (TPSA) is 24.9 Å². The molecule has 0 aliphatic heterocycles. The van der Waals surface area contributed by atoms with Crippen molar-refractivity contribution >= 4 is 17.6 Å². The Balaban J connectivity index is 2.66. The van der Waals surface area contributed by atoms with Gasteiger partial charge in [0, 0.05) is 18.0 Å². The molecule has 96 valence electrons. The van der Waals surface area contributed by atoms with E-state index in [0.29, 0.717) is 0 Å². The predicted octanol–water partition coefficient (Wildman–Crippen LogP) is 3.65. The van der Waals surface area contributed by atoms with Gasteiger partial charge in [0.1, 0.15) is 5.82 Å². The summed E-state index contributed by atoms with van der Waals surface area (Å²) < 4.78 is 37.3. The van der Waals surface area contributed by atoms with Gasteiger partial charge >= 0.3 is 6.18 Å². The molecule has 6 heteroatoms. The largest absolute Gasteiger partial charge is 0.416 e. The zero-order chi connectivity index (χ0) is 12.9. The highest BCUT2D eigenvalue weighted by Gasteiger charge is 2.30. The van der Waals surface area contributed by atoms with E-state index in [-0.39, 0.29) is 11.9 Å². The first kappa shape index (κ1) is 14.2. The summed E-state index contributed by atoms with van der Waals surface area (Å²) in [6.07, 6.45) is -3.15. The minimum atomic E-state index is -4.32. The van der Waals surface area contributed by atoms with Gasteiger partial charge in [0.25, 0.3) is 0 Å². The van der Waals surface area contributed by atoms with Crippen LogP contribution in [-0.4, -0.2) is 22.5 Å². The van der Waals surface area contributed by atoms with Gasteiger partial charge in [0.05, 0.1) is 5.56 Å². The lowest BCUT2D eigenvalue weighted by molar-refractivity contribution is -0.137. The van der Waals surface area contributed by atoms with Crippen molar-refractivity contribution in [3.8, 4) is 0 Å². The number of nitrogens with zero attached hydrogens (tertiary/aromatic N) is 1. The molecule has 1 aromatic heterocycles. The van der Waals surface area contributed by atoms with Crippen LogP contribution < -0.4 is 5.32 Å². The molecular weight excluding hydrogens is 249 g/mol. The SMILES string of the molecule is CCSCC(C)Nc1cc(C(F)(F)F)ccn1. The number of alkyl halides is 3. The van der Waals surface area contributed by atoms with Crippen LogP contribution in [0.2, 0.25) is 0 Å². The Morgan fingerprint density at radius 2 is 2.18 bits per heavy atom. The summed E-state index contributed by atoms with van der Waals surface area (Å²) in [7, 11) is 0. The molecule has 1 rings (SSSR count). The van der Waals surface area contributed by atoms with Gasteiger partial charge in [0.2, 0.25) is 0 Å². The first-order valence-corrected chi connectivity index (χ1v) is 6.46. The Kier molecular flexibility index (Phi) is 5.11. The minimum absolute atomic E-state index is 0.0935. The van der Waals surface area contributed by atoms with Crippen LogP contribution in [0.25, 0.3) is 0 Å². The summed E-state index contributed by atoms with van der Waals surface area (Å²) in [5.74, 6) is 2.10. The van der Waals surface area contributed by atoms with Crippen LogP contribution in [0.5, 0.6) is 0 Å². The van der Waals surface area contributed by atoms with Crippen LogP contribution in [0.15, 0.2) is 18.3 Å². The van der Waals surface area contributed by atoms with Gasteiger partial charge in [-0.2, -0.15) is 24.9 Å². The lowest BCUT2D eigenvalue weighted by Gasteiger charge is -2.15. The van der Waals surface area contributed by atoms with Crippen molar-refractivity contribution in [2.75, 3.05) is 16.8 Å². The number of halogens is 3. The molecule has 2 nitrogen and oxygen atoms in total. The maximum atomic E-state index is 12.4. The molecule has 1 aromatic rings. The molecule has 0 fully saturated rings. The highest BCUT2D eigenvalue weighted by molar-refractivity contribution is 7.99. The van der Waals surface area contributed by atoms with Crippen molar-refractivity contribution in [1.29, 1.82) is 0 Å². The zero-order valence-electron chi connectivity index (χ0n) is 9.71. The summed E-state index contributed by atoms with van der Waals surface area (Å²) >= 11 is 1.73. The van der Waals surface area contributed by atoms with Crippen LogP contribution in [0.1, 0.15) is 19.4 Å². The second kappa shape index (κ2) is 6.14. The number of nitrogens with one attached hydrogen (secondary N) is 1. The monoisotopic (exact) mass is 264 g/mol. The van der Waals surface area contributed by atoms with Crippen LogP contribution in [0, 0.1) is 0 Å². The van der Waals surface area contributed by atoms with Gasteiger partial charge < -0.3 is 5.32 Å². The third kappa shape index (κ3) is 4.85. The van der Waals surface area contributed by atoms with Gasteiger partial charge in [-0.3, -0.25) is 0 Å². The normalized spacial score (nSPS) is 13.5. The van der Waals surface area contributed by atoms with Gasteiger partial charge in [-0.25, -0.2) is 4.98 Å². The number of aromatic nitrogens is 1. The van der Waals surface area contributed by atoms with E-state index in [1.165, 1.54) is 6.20 Å². The fraction of sp³-hybridized carbons (Fsp3) is 0.545. The van der Waals surface area contributed by atoms with Crippen LogP contribution >= 0.6 is 11.8 Å². The second-order valence-electron chi connectivity index (χ2n) is 3.63. The molecule has 17 heavy (non-hydrogen) atoms. The molecule has 0 spiro atoms. The molecule has 0 saturated carbocycles. The van der Waals surface area contributed by atoms with E-state index in [0.717, 1.165) is 23.6 Å². The molecule has 0 aliphatic carbocycles. The van der Waals surface area contributed by atoms with Crippen molar-refractivity contribution in [2.45, 2.75) is 26.1 Å². The summed E-state index contributed by atoms with van der Waals surface area (Å²) in [4.78, 5) is 3.88. The first-order chi connectivity index (χ1) is 7.93. The standard InChI is InChI=1S/C11H15F3N2S/c1-3-17-7-8(2)16-10-6-9(4-5-15-10)11(12,13)14/h4-6,8H,3,7H2,1-2H3,(H,15,16). The molecule has 0 bridgehead atoms. The Hall–Kier alpha value is -0.910. The number of hydrogen-bond acceptors (Lipinski definition) is 3. The Morgan fingerprint density at radius 3 is 2.76 bits per heavy atom. The highest BCUT2D eigenvalue weighted by atomic mass is 32.2. The molecule has 0 aromatic carbocycles. The Bertz CT molecular complexity index is 355. The maximum absolute atomic E-state index is 12.4.